The van der Waals surface area contributed by atoms with Crippen LogP contribution in [0.4, 0.5) is 0 Å². The van der Waals surface area contributed by atoms with Crippen LogP contribution in [-0.4, -0.2) is 4.57 Å². The third-order valence-electron chi connectivity index (χ3n) is 15.6. The molecule has 0 aliphatic rings. The Balaban J connectivity index is 0.866. The molecule has 0 aliphatic heterocycles. The van der Waals surface area contributed by atoms with Crippen LogP contribution in [0.2, 0.25) is 0 Å². The van der Waals surface area contributed by atoms with Gasteiger partial charge >= 0.3 is 0 Å². The minimum Gasteiger partial charge on any atom is -0.309 e. The number of aromatic nitrogens is 1. The molecular weight excluding hydrogens is 935 g/mol. The van der Waals surface area contributed by atoms with Crippen LogP contribution in [0.1, 0.15) is 0 Å². The fraction of sp³-hybridized carbons (Fsp3) is 0. The summed E-state index contributed by atoms with van der Waals surface area (Å²) in [5.74, 6) is 0. The number of rotatable bonds is 8. The summed E-state index contributed by atoms with van der Waals surface area (Å²) in [7, 11) is 0. The highest BCUT2D eigenvalue weighted by atomic mass is 32.1. The van der Waals surface area contributed by atoms with Gasteiger partial charge in [0.15, 0.2) is 0 Å². The molecule has 2 heterocycles. The normalized spacial score (nSPS) is 11.7. The second-order valence-electron chi connectivity index (χ2n) is 19.9. The van der Waals surface area contributed by atoms with Crippen LogP contribution in [-0.2, 0) is 0 Å². The van der Waals surface area contributed by atoms with Gasteiger partial charge in [-0.1, -0.05) is 231 Å². The number of benzene rings is 13. The third-order valence-corrected chi connectivity index (χ3v) is 16.8. The highest BCUT2D eigenvalue weighted by Gasteiger charge is 2.20. The molecule has 1 nitrogen and oxygen atoms in total. The Hall–Kier alpha value is -9.60. The Morgan fingerprint density at radius 2 is 0.605 bits per heavy atom. The second-order valence-corrected chi connectivity index (χ2v) is 21.0. The molecule has 0 saturated heterocycles. The molecule has 0 radical (unpaired) electrons. The van der Waals surface area contributed by atoms with Gasteiger partial charge in [-0.15, -0.1) is 11.3 Å². The first kappa shape index (κ1) is 43.9. The van der Waals surface area contributed by atoms with Crippen LogP contribution in [0, 0.1) is 0 Å². The molecule has 0 unspecified atom stereocenters. The summed E-state index contributed by atoms with van der Waals surface area (Å²) >= 11 is 1.90. The standard InChI is InChI=1S/C74H47NS/c1-4-16-48(17-5-1)50-28-32-52(33-29-50)56-39-43-71-67(44-56)68-47-58(53-34-30-51(31-35-53)49-18-6-2-7-19-49)46-65(74(68)76-71)57-38-42-70-66(45-57)60-22-14-15-27-69(60)75(70)59-40-36-55(37-41-59)73-63-25-12-10-23-61(63)72(54-20-8-3-9-21-54)62-24-11-13-26-64(62)73/h1-47H. The summed E-state index contributed by atoms with van der Waals surface area (Å²) < 4.78 is 5.03. The molecular formula is C74H47NS. The van der Waals surface area contributed by atoms with Gasteiger partial charge in [0.05, 0.1) is 11.0 Å². The van der Waals surface area contributed by atoms with Crippen molar-refractivity contribution in [2.45, 2.75) is 0 Å². The molecule has 0 saturated carbocycles. The summed E-state index contributed by atoms with van der Waals surface area (Å²) in [4.78, 5) is 0. The predicted octanol–water partition coefficient (Wildman–Crippen LogP) is 21.1. The van der Waals surface area contributed by atoms with Crippen LogP contribution >= 0.6 is 11.3 Å². The molecule has 0 N–H and O–H groups in total. The number of hydrogen-bond acceptors (Lipinski definition) is 1. The third kappa shape index (κ3) is 7.37. The average Bonchev–Trinajstić information content (AvgIpc) is 4.12. The maximum atomic E-state index is 2.45. The van der Waals surface area contributed by atoms with Crippen molar-refractivity contribution in [3.63, 3.8) is 0 Å². The fourth-order valence-electron chi connectivity index (χ4n) is 12.0. The van der Waals surface area contributed by atoms with Crippen molar-refractivity contribution in [1.82, 2.24) is 4.57 Å². The summed E-state index contributed by atoms with van der Waals surface area (Å²) in [6.07, 6.45) is 0. The summed E-state index contributed by atoms with van der Waals surface area (Å²) in [5.41, 5.74) is 20.7. The van der Waals surface area contributed by atoms with Gasteiger partial charge in [0.25, 0.3) is 0 Å². The first-order valence-electron chi connectivity index (χ1n) is 26.1. The van der Waals surface area contributed by atoms with E-state index in [1.165, 1.54) is 141 Å². The van der Waals surface area contributed by atoms with Crippen molar-refractivity contribution in [3.8, 4) is 83.6 Å². The van der Waals surface area contributed by atoms with Crippen LogP contribution in [0.15, 0.2) is 285 Å². The molecule has 0 aliphatic carbocycles. The molecule has 0 amide bonds. The Labute approximate surface area is 445 Å². The van der Waals surface area contributed by atoms with E-state index < -0.39 is 0 Å². The van der Waals surface area contributed by atoms with Gasteiger partial charge < -0.3 is 4.57 Å². The highest BCUT2D eigenvalue weighted by Crippen LogP contribution is 2.47. The smallest absolute Gasteiger partial charge is 0.0541 e. The topological polar surface area (TPSA) is 4.93 Å². The molecule has 2 heteroatoms. The number of fused-ring (bicyclic) bond motifs is 8. The lowest BCUT2D eigenvalue weighted by Gasteiger charge is -2.18. The summed E-state index contributed by atoms with van der Waals surface area (Å²) in [6.45, 7) is 0. The molecule has 354 valence electrons. The van der Waals surface area contributed by atoms with Crippen LogP contribution in [0.25, 0.3) is 147 Å². The number of para-hydroxylation sites is 1. The van der Waals surface area contributed by atoms with Crippen LogP contribution in [0.3, 0.4) is 0 Å². The maximum Gasteiger partial charge on any atom is 0.0541 e. The number of thiophene rings is 1. The molecule has 13 aromatic carbocycles. The monoisotopic (exact) mass is 981 g/mol. The summed E-state index contributed by atoms with van der Waals surface area (Å²) in [6, 6.07) is 105. The van der Waals surface area contributed by atoms with Crippen molar-refractivity contribution >= 4 is 74.9 Å². The van der Waals surface area contributed by atoms with E-state index in [9.17, 15) is 0 Å². The second kappa shape index (κ2) is 18.1. The van der Waals surface area contributed by atoms with Gasteiger partial charge in [-0.2, -0.15) is 0 Å². The average molecular weight is 982 g/mol. The lowest BCUT2D eigenvalue weighted by Crippen LogP contribution is -1.94. The van der Waals surface area contributed by atoms with E-state index in [2.05, 4.69) is 290 Å². The molecule has 0 fully saturated rings. The SMILES string of the molecule is c1ccc(-c2ccc(-c3ccc4sc5c(-c6ccc7c(c6)c6ccccc6n7-c6ccc(-c7c8ccccc8c(-c8ccccc8)c8ccccc78)cc6)cc(-c6ccc(-c7ccccc7)cc6)cc5c4c3)cc2)cc1. The van der Waals surface area contributed by atoms with E-state index in [1.54, 1.807) is 0 Å². The van der Waals surface area contributed by atoms with E-state index >= 15 is 0 Å². The first-order chi connectivity index (χ1) is 37.7. The maximum absolute atomic E-state index is 2.45. The van der Waals surface area contributed by atoms with Gasteiger partial charge in [0, 0.05) is 42.2 Å². The van der Waals surface area contributed by atoms with Gasteiger partial charge in [-0.3, -0.25) is 0 Å². The van der Waals surface area contributed by atoms with Gasteiger partial charge in [0.2, 0.25) is 0 Å². The Morgan fingerprint density at radius 3 is 1.17 bits per heavy atom. The van der Waals surface area contributed by atoms with Gasteiger partial charge in [-0.25, -0.2) is 0 Å². The fourth-order valence-corrected chi connectivity index (χ4v) is 13.2. The Morgan fingerprint density at radius 1 is 0.224 bits per heavy atom. The Kier molecular flexibility index (Phi) is 10.5. The molecule has 0 atom stereocenters. The minimum absolute atomic E-state index is 1.13. The van der Waals surface area contributed by atoms with Gasteiger partial charge in [-0.05, 0) is 148 Å². The highest BCUT2D eigenvalue weighted by molar-refractivity contribution is 7.26. The van der Waals surface area contributed by atoms with Crippen molar-refractivity contribution < 1.29 is 0 Å². The van der Waals surface area contributed by atoms with E-state index in [0.29, 0.717) is 0 Å². The molecule has 15 aromatic rings. The van der Waals surface area contributed by atoms with E-state index in [0.717, 1.165) is 5.69 Å². The van der Waals surface area contributed by atoms with Crippen molar-refractivity contribution in [3.05, 3.63) is 285 Å². The zero-order valence-corrected chi connectivity index (χ0v) is 42.3. The van der Waals surface area contributed by atoms with E-state index in [-0.39, 0.29) is 0 Å². The lowest BCUT2D eigenvalue weighted by atomic mass is 9.86. The Bertz CT molecular complexity index is 4630. The molecule has 15 rings (SSSR count). The quantitative estimate of drug-likeness (QED) is 0.134. The van der Waals surface area contributed by atoms with Crippen LogP contribution < -0.4 is 0 Å². The first-order valence-corrected chi connectivity index (χ1v) is 27.0. The van der Waals surface area contributed by atoms with Gasteiger partial charge in [0.1, 0.15) is 0 Å². The number of nitrogens with zero attached hydrogens (tertiary/aromatic N) is 1. The van der Waals surface area contributed by atoms with Crippen molar-refractivity contribution in [1.29, 1.82) is 0 Å². The summed E-state index contributed by atoms with van der Waals surface area (Å²) in [5, 5.41) is 10.1. The molecule has 76 heavy (non-hydrogen) atoms. The zero-order valence-electron chi connectivity index (χ0n) is 41.5. The largest absolute Gasteiger partial charge is 0.309 e. The predicted molar refractivity (Wildman–Crippen MR) is 327 cm³/mol. The minimum atomic E-state index is 1.13. The number of hydrogen-bond donors (Lipinski definition) is 0. The lowest BCUT2D eigenvalue weighted by molar-refractivity contribution is 1.18. The van der Waals surface area contributed by atoms with E-state index in [1.807, 2.05) is 11.3 Å². The molecule has 2 aromatic heterocycles. The zero-order chi connectivity index (χ0) is 50.1. The van der Waals surface area contributed by atoms with Crippen molar-refractivity contribution in [2.24, 2.45) is 0 Å². The molecule has 0 spiro atoms. The van der Waals surface area contributed by atoms with E-state index in [4.69, 9.17) is 0 Å². The van der Waals surface area contributed by atoms with Crippen LogP contribution in [0.5, 0.6) is 0 Å². The van der Waals surface area contributed by atoms with Crippen molar-refractivity contribution in [2.75, 3.05) is 0 Å². The molecule has 0 bridgehead atoms.